The maximum atomic E-state index is 4.56. The zero-order chi connectivity index (χ0) is 9.26. The van der Waals surface area contributed by atoms with E-state index in [2.05, 4.69) is 32.4 Å². The molecule has 72 valence electrons. The lowest BCUT2D eigenvalue weighted by Gasteiger charge is -2.15. The summed E-state index contributed by atoms with van der Waals surface area (Å²) in [4.78, 5) is 4.56. The van der Waals surface area contributed by atoms with Crippen LogP contribution in [0, 0.1) is 0 Å². The summed E-state index contributed by atoms with van der Waals surface area (Å²) in [6.07, 6.45) is 6.16. The highest BCUT2D eigenvalue weighted by molar-refractivity contribution is 9.10. The molecule has 0 radical (unpaired) electrons. The normalized spacial score (nSPS) is 15.8. The first-order chi connectivity index (χ1) is 6.33. The molecule has 0 amide bonds. The third-order valence-corrected chi connectivity index (χ3v) is 3.25. The summed E-state index contributed by atoms with van der Waals surface area (Å²) in [5.41, 5.74) is 2.79. The van der Waals surface area contributed by atoms with Gasteiger partial charge in [-0.3, -0.25) is 0 Å². The Morgan fingerprint density at radius 2 is 2.31 bits per heavy atom. The highest BCUT2D eigenvalue weighted by Gasteiger charge is 2.17. The van der Waals surface area contributed by atoms with Gasteiger partial charge in [-0.05, 0) is 41.6 Å². The van der Waals surface area contributed by atoms with Gasteiger partial charge in [0.1, 0.15) is 0 Å². The lowest BCUT2D eigenvalue weighted by atomic mass is 10.1. The van der Waals surface area contributed by atoms with E-state index in [4.69, 9.17) is 0 Å². The molecule has 0 bridgehead atoms. The number of rotatable bonds is 2. The molecule has 13 heavy (non-hydrogen) atoms. The molecule has 0 fully saturated rings. The van der Waals surface area contributed by atoms with Crippen molar-refractivity contribution in [1.82, 2.24) is 9.55 Å². The molecule has 1 aliphatic heterocycles. The standard InChI is InChI=1S/C10H15BrN2/c1-2-5-8-9-6-3-4-7-13(9)10(11)12-8/h2-7H2,1H3. The van der Waals surface area contributed by atoms with Gasteiger partial charge in [-0.15, -0.1) is 0 Å². The molecule has 0 aromatic carbocycles. The highest BCUT2D eigenvalue weighted by Crippen LogP contribution is 2.24. The van der Waals surface area contributed by atoms with E-state index in [0.29, 0.717) is 0 Å². The quantitative estimate of drug-likeness (QED) is 0.780. The Hall–Kier alpha value is -0.310. The van der Waals surface area contributed by atoms with Crippen LogP contribution in [0.25, 0.3) is 0 Å². The summed E-state index contributed by atoms with van der Waals surface area (Å²) >= 11 is 3.52. The van der Waals surface area contributed by atoms with Gasteiger partial charge in [0, 0.05) is 12.2 Å². The van der Waals surface area contributed by atoms with Gasteiger partial charge in [-0.2, -0.15) is 0 Å². The van der Waals surface area contributed by atoms with Gasteiger partial charge in [0.2, 0.25) is 0 Å². The van der Waals surface area contributed by atoms with Crippen LogP contribution in [0.5, 0.6) is 0 Å². The van der Waals surface area contributed by atoms with Crippen molar-refractivity contribution < 1.29 is 0 Å². The highest BCUT2D eigenvalue weighted by atomic mass is 79.9. The molecule has 3 heteroatoms. The Labute approximate surface area is 87.5 Å². The Kier molecular flexibility index (Phi) is 2.72. The molecule has 0 N–H and O–H groups in total. The molecular formula is C10H15BrN2. The van der Waals surface area contributed by atoms with Crippen molar-refractivity contribution >= 4 is 15.9 Å². The van der Waals surface area contributed by atoms with Crippen molar-refractivity contribution in [1.29, 1.82) is 0 Å². The first-order valence-electron chi connectivity index (χ1n) is 5.06. The third-order valence-electron chi connectivity index (χ3n) is 2.64. The lowest BCUT2D eigenvalue weighted by Crippen LogP contribution is -2.11. The van der Waals surface area contributed by atoms with E-state index in [9.17, 15) is 0 Å². The number of fused-ring (bicyclic) bond motifs is 1. The second kappa shape index (κ2) is 3.82. The summed E-state index contributed by atoms with van der Waals surface area (Å²) in [7, 11) is 0. The fourth-order valence-corrected chi connectivity index (χ4v) is 2.61. The Morgan fingerprint density at radius 3 is 3.08 bits per heavy atom. The third kappa shape index (κ3) is 1.66. The van der Waals surface area contributed by atoms with Crippen LogP contribution >= 0.6 is 15.9 Å². The Bertz CT molecular complexity index is 304. The number of aryl methyl sites for hydroxylation is 1. The van der Waals surface area contributed by atoms with E-state index in [1.807, 2.05) is 0 Å². The van der Waals surface area contributed by atoms with Crippen LogP contribution < -0.4 is 0 Å². The van der Waals surface area contributed by atoms with Gasteiger partial charge in [0.05, 0.1) is 5.69 Å². The average Bonchev–Trinajstić information content (AvgIpc) is 2.46. The molecule has 0 aliphatic carbocycles. The van der Waals surface area contributed by atoms with E-state index < -0.39 is 0 Å². The van der Waals surface area contributed by atoms with Crippen LogP contribution in [-0.2, 0) is 19.4 Å². The lowest BCUT2D eigenvalue weighted by molar-refractivity contribution is 0.521. The zero-order valence-corrected chi connectivity index (χ0v) is 9.60. The van der Waals surface area contributed by atoms with Gasteiger partial charge < -0.3 is 4.57 Å². The van der Waals surface area contributed by atoms with Crippen LogP contribution in [0.4, 0.5) is 0 Å². The first-order valence-corrected chi connectivity index (χ1v) is 5.86. The Morgan fingerprint density at radius 1 is 1.46 bits per heavy atom. The number of hydrogen-bond donors (Lipinski definition) is 0. The fourth-order valence-electron chi connectivity index (χ4n) is 2.01. The van der Waals surface area contributed by atoms with Gasteiger partial charge in [-0.1, -0.05) is 13.3 Å². The second-order valence-corrected chi connectivity index (χ2v) is 4.34. The summed E-state index contributed by atoms with van der Waals surface area (Å²) < 4.78 is 3.36. The van der Waals surface area contributed by atoms with Gasteiger partial charge in [0.15, 0.2) is 4.73 Å². The molecule has 2 nitrogen and oxygen atoms in total. The molecule has 1 aliphatic rings. The summed E-state index contributed by atoms with van der Waals surface area (Å²) in [6.45, 7) is 3.36. The summed E-state index contributed by atoms with van der Waals surface area (Å²) in [6, 6.07) is 0. The monoisotopic (exact) mass is 242 g/mol. The van der Waals surface area contributed by atoms with Crippen LogP contribution in [0.1, 0.15) is 37.6 Å². The van der Waals surface area contributed by atoms with E-state index in [0.717, 1.165) is 17.7 Å². The molecule has 1 aromatic heterocycles. The summed E-state index contributed by atoms with van der Waals surface area (Å²) in [5, 5.41) is 0. The number of imidazole rings is 1. The molecule has 0 unspecified atom stereocenters. The molecule has 1 aromatic rings. The molecule has 0 spiro atoms. The van der Waals surface area contributed by atoms with Crippen molar-refractivity contribution in [3.63, 3.8) is 0 Å². The van der Waals surface area contributed by atoms with E-state index >= 15 is 0 Å². The maximum Gasteiger partial charge on any atom is 0.177 e. The smallest absolute Gasteiger partial charge is 0.177 e. The average molecular weight is 243 g/mol. The molecule has 0 atom stereocenters. The second-order valence-electron chi connectivity index (χ2n) is 3.63. The van der Waals surface area contributed by atoms with Crippen molar-refractivity contribution in [2.24, 2.45) is 0 Å². The number of hydrogen-bond acceptors (Lipinski definition) is 1. The van der Waals surface area contributed by atoms with Crippen LogP contribution in [0.2, 0.25) is 0 Å². The molecule has 0 saturated heterocycles. The van der Waals surface area contributed by atoms with E-state index in [-0.39, 0.29) is 0 Å². The van der Waals surface area contributed by atoms with Crippen molar-refractivity contribution in [3.05, 3.63) is 16.1 Å². The topological polar surface area (TPSA) is 17.8 Å². The van der Waals surface area contributed by atoms with Crippen LogP contribution in [-0.4, -0.2) is 9.55 Å². The molecule has 0 saturated carbocycles. The van der Waals surface area contributed by atoms with Gasteiger partial charge in [-0.25, -0.2) is 4.98 Å². The Balaban J connectivity index is 2.36. The minimum atomic E-state index is 1.03. The van der Waals surface area contributed by atoms with Gasteiger partial charge >= 0.3 is 0 Å². The van der Waals surface area contributed by atoms with E-state index in [1.165, 1.54) is 37.1 Å². The number of halogens is 1. The van der Waals surface area contributed by atoms with Gasteiger partial charge in [0.25, 0.3) is 0 Å². The predicted molar refractivity (Wildman–Crippen MR) is 56.9 cm³/mol. The first kappa shape index (κ1) is 9.25. The molecule has 2 heterocycles. The zero-order valence-electron chi connectivity index (χ0n) is 8.02. The minimum Gasteiger partial charge on any atom is -0.322 e. The minimum absolute atomic E-state index is 1.03. The van der Waals surface area contributed by atoms with E-state index in [1.54, 1.807) is 0 Å². The van der Waals surface area contributed by atoms with Crippen molar-refractivity contribution in [2.45, 2.75) is 45.6 Å². The largest absolute Gasteiger partial charge is 0.322 e. The van der Waals surface area contributed by atoms with Crippen LogP contribution in [0.15, 0.2) is 4.73 Å². The molecular weight excluding hydrogens is 228 g/mol. The predicted octanol–water partition coefficient (Wildman–Crippen LogP) is 2.93. The molecule has 2 rings (SSSR count). The van der Waals surface area contributed by atoms with Crippen LogP contribution in [0.3, 0.4) is 0 Å². The number of nitrogens with zero attached hydrogens (tertiary/aromatic N) is 2. The maximum absolute atomic E-state index is 4.56. The fraction of sp³-hybridized carbons (Fsp3) is 0.700. The number of aromatic nitrogens is 2. The summed E-state index contributed by atoms with van der Waals surface area (Å²) in [5.74, 6) is 0. The van der Waals surface area contributed by atoms with Crippen molar-refractivity contribution in [2.75, 3.05) is 0 Å². The SMILES string of the molecule is CCCc1nc(Br)n2c1CCCC2. The van der Waals surface area contributed by atoms with Crippen molar-refractivity contribution in [3.8, 4) is 0 Å².